The van der Waals surface area contributed by atoms with E-state index < -0.39 is 0 Å². The van der Waals surface area contributed by atoms with Crippen molar-refractivity contribution >= 4 is 5.96 Å². The lowest BCUT2D eigenvalue weighted by Gasteiger charge is -2.26. The van der Waals surface area contributed by atoms with Gasteiger partial charge in [0.25, 0.3) is 0 Å². The Morgan fingerprint density at radius 3 is 3.06 bits per heavy atom. The SMILES string of the molecule is COCC(C)NC(N)=NCC1CCOC(C)C1. The number of hydrogen-bond acceptors (Lipinski definition) is 3. The molecule has 0 spiro atoms. The molecule has 0 saturated carbocycles. The summed E-state index contributed by atoms with van der Waals surface area (Å²) in [5.41, 5.74) is 5.81. The highest BCUT2D eigenvalue weighted by molar-refractivity contribution is 5.78. The summed E-state index contributed by atoms with van der Waals surface area (Å²) in [5.74, 6) is 1.10. The van der Waals surface area contributed by atoms with Crippen LogP contribution in [0.2, 0.25) is 0 Å². The van der Waals surface area contributed by atoms with E-state index in [1.165, 1.54) is 0 Å². The smallest absolute Gasteiger partial charge is 0.188 e. The van der Waals surface area contributed by atoms with Gasteiger partial charge in [-0.2, -0.15) is 0 Å². The average Bonchev–Trinajstić information content (AvgIpc) is 2.27. The van der Waals surface area contributed by atoms with Crippen LogP contribution in [0.3, 0.4) is 0 Å². The summed E-state index contributed by atoms with van der Waals surface area (Å²) < 4.78 is 10.5. The molecule has 1 saturated heterocycles. The number of hydrogen-bond donors (Lipinski definition) is 2. The first-order valence-corrected chi connectivity index (χ1v) is 6.28. The molecule has 3 unspecified atom stereocenters. The summed E-state index contributed by atoms with van der Waals surface area (Å²) in [4.78, 5) is 4.38. The van der Waals surface area contributed by atoms with E-state index in [1.807, 2.05) is 6.92 Å². The van der Waals surface area contributed by atoms with E-state index in [2.05, 4.69) is 17.2 Å². The van der Waals surface area contributed by atoms with Crippen LogP contribution in [0.25, 0.3) is 0 Å². The van der Waals surface area contributed by atoms with Gasteiger partial charge in [0, 0.05) is 26.3 Å². The van der Waals surface area contributed by atoms with E-state index in [1.54, 1.807) is 7.11 Å². The molecular formula is C12H25N3O2. The highest BCUT2D eigenvalue weighted by atomic mass is 16.5. The third-order valence-corrected chi connectivity index (χ3v) is 2.92. The molecule has 1 rings (SSSR count). The maximum Gasteiger partial charge on any atom is 0.188 e. The molecule has 0 aromatic rings. The zero-order valence-corrected chi connectivity index (χ0v) is 11.1. The fourth-order valence-electron chi connectivity index (χ4n) is 2.07. The van der Waals surface area contributed by atoms with Crippen LogP contribution in [0.5, 0.6) is 0 Å². The second kappa shape index (κ2) is 7.50. The largest absolute Gasteiger partial charge is 0.383 e. The Balaban J connectivity index is 2.26. The summed E-state index contributed by atoms with van der Waals surface area (Å²) >= 11 is 0. The Morgan fingerprint density at radius 1 is 1.65 bits per heavy atom. The standard InChI is InChI=1S/C12H25N3O2/c1-9(8-16-3)15-12(13)14-7-11-4-5-17-10(2)6-11/h9-11H,4-8H2,1-3H3,(H3,13,14,15). The number of ether oxygens (including phenoxy) is 2. The topological polar surface area (TPSA) is 68.9 Å². The predicted octanol–water partition coefficient (Wildman–Crippen LogP) is 0.741. The van der Waals surface area contributed by atoms with Crippen molar-refractivity contribution in [1.82, 2.24) is 5.32 Å². The van der Waals surface area contributed by atoms with Gasteiger partial charge in [-0.3, -0.25) is 4.99 Å². The highest BCUT2D eigenvalue weighted by Crippen LogP contribution is 2.19. The number of nitrogens with two attached hydrogens (primary N) is 1. The van der Waals surface area contributed by atoms with E-state index >= 15 is 0 Å². The minimum absolute atomic E-state index is 0.192. The third kappa shape index (κ3) is 5.89. The van der Waals surface area contributed by atoms with Crippen molar-refractivity contribution < 1.29 is 9.47 Å². The summed E-state index contributed by atoms with van der Waals surface area (Å²) in [5, 5.41) is 3.10. The van der Waals surface area contributed by atoms with Crippen LogP contribution in [-0.4, -0.2) is 45.0 Å². The van der Waals surface area contributed by atoms with Crippen molar-refractivity contribution in [2.45, 2.75) is 38.8 Å². The zero-order chi connectivity index (χ0) is 12.7. The summed E-state index contributed by atoms with van der Waals surface area (Å²) in [6.45, 7) is 6.38. The molecule has 1 heterocycles. The van der Waals surface area contributed by atoms with Crippen molar-refractivity contribution in [2.75, 3.05) is 26.9 Å². The van der Waals surface area contributed by atoms with Crippen molar-refractivity contribution in [3.63, 3.8) is 0 Å². The normalized spacial score (nSPS) is 27.8. The van der Waals surface area contributed by atoms with Crippen molar-refractivity contribution in [1.29, 1.82) is 0 Å². The second-order valence-corrected chi connectivity index (χ2v) is 4.80. The number of methoxy groups -OCH3 is 1. The number of aliphatic imine (C=N–C) groups is 1. The molecule has 3 atom stereocenters. The molecule has 1 fully saturated rings. The first-order valence-electron chi connectivity index (χ1n) is 6.28. The predicted molar refractivity (Wildman–Crippen MR) is 69.1 cm³/mol. The first-order chi connectivity index (χ1) is 8.11. The number of rotatable bonds is 5. The number of nitrogens with zero attached hydrogens (tertiary/aromatic N) is 1. The summed E-state index contributed by atoms with van der Waals surface area (Å²) in [6.07, 6.45) is 2.50. The van der Waals surface area contributed by atoms with E-state index in [0.29, 0.717) is 24.6 Å². The van der Waals surface area contributed by atoms with Gasteiger partial charge in [0.1, 0.15) is 0 Å². The fourth-order valence-corrected chi connectivity index (χ4v) is 2.07. The molecule has 17 heavy (non-hydrogen) atoms. The first kappa shape index (κ1) is 14.3. The van der Waals surface area contributed by atoms with Gasteiger partial charge >= 0.3 is 0 Å². The van der Waals surface area contributed by atoms with Crippen molar-refractivity contribution in [2.24, 2.45) is 16.6 Å². The monoisotopic (exact) mass is 243 g/mol. The van der Waals surface area contributed by atoms with Crippen LogP contribution in [0.4, 0.5) is 0 Å². The molecular weight excluding hydrogens is 218 g/mol. The lowest BCUT2D eigenvalue weighted by molar-refractivity contribution is 0.00480. The molecule has 5 heteroatoms. The quantitative estimate of drug-likeness (QED) is 0.552. The molecule has 5 nitrogen and oxygen atoms in total. The molecule has 1 aliphatic rings. The van der Waals surface area contributed by atoms with Gasteiger partial charge in [-0.1, -0.05) is 0 Å². The van der Waals surface area contributed by atoms with Gasteiger partial charge in [0.15, 0.2) is 5.96 Å². The van der Waals surface area contributed by atoms with Gasteiger partial charge < -0.3 is 20.5 Å². The van der Waals surface area contributed by atoms with Gasteiger partial charge in [-0.25, -0.2) is 0 Å². The van der Waals surface area contributed by atoms with Gasteiger partial charge in [-0.15, -0.1) is 0 Å². The Hall–Kier alpha value is -0.810. The maximum atomic E-state index is 5.81. The number of nitrogens with one attached hydrogen (secondary N) is 1. The molecule has 0 amide bonds. The summed E-state index contributed by atoms with van der Waals surface area (Å²) in [6, 6.07) is 0.192. The van der Waals surface area contributed by atoms with Crippen molar-refractivity contribution in [3.05, 3.63) is 0 Å². The van der Waals surface area contributed by atoms with Crippen LogP contribution in [0.15, 0.2) is 4.99 Å². The lowest BCUT2D eigenvalue weighted by atomic mass is 9.96. The Labute approximate surface area is 104 Å². The Kier molecular flexibility index (Phi) is 6.29. The molecule has 0 aromatic heterocycles. The number of guanidine groups is 1. The van der Waals surface area contributed by atoms with E-state index in [-0.39, 0.29) is 6.04 Å². The molecule has 1 aliphatic heterocycles. The van der Waals surface area contributed by atoms with Crippen molar-refractivity contribution in [3.8, 4) is 0 Å². The van der Waals surface area contributed by atoms with Gasteiger partial charge in [-0.05, 0) is 32.6 Å². The second-order valence-electron chi connectivity index (χ2n) is 4.80. The minimum Gasteiger partial charge on any atom is -0.383 e. The molecule has 0 radical (unpaired) electrons. The van der Waals surface area contributed by atoms with Crippen LogP contribution >= 0.6 is 0 Å². The Bertz CT molecular complexity index is 246. The van der Waals surface area contributed by atoms with E-state index in [9.17, 15) is 0 Å². The fraction of sp³-hybridized carbons (Fsp3) is 0.917. The van der Waals surface area contributed by atoms with Crippen LogP contribution in [-0.2, 0) is 9.47 Å². The lowest BCUT2D eigenvalue weighted by Crippen LogP contribution is -2.41. The summed E-state index contributed by atoms with van der Waals surface area (Å²) in [7, 11) is 1.68. The maximum absolute atomic E-state index is 5.81. The van der Waals surface area contributed by atoms with Crippen LogP contribution in [0.1, 0.15) is 26.7 Å². The van der Waals surface area contributed by atoms with Crippen LogP contribution < -0.4 is 11.1 Å². The Morgan fingerprint density at radius 2 is 2.41 bits per heavy atom. The van der Waals surface area contributed by atoms with Gasteiger partial charge in [0.05, 0.1) is 12.7 Å². The highest BCUT2D eigenvalue weighted by Gasteiger charge is 2.18. The minimum atomic E-state index is 0.192. The van der Waals surface area contributed by atoms with Gasteiger partial charge in [0.2, 0.25) is 0 Å². The zero-order valence-electron chi connectivity index (χ0n) is 11.1. The third-order valence-electron chi connectivity index (χ3n) is 2.92. The van der Waals surface area contributed by atoms with E-state index in [4.69, 9.17) is 15.2 Å². The molecule has 0 aromatic carbocycles. The molecule has 3 N–H and O–H groups in total. The molecule has 0 aliphatic carbocycles. The molecule has 0 bridgehead atoms. The van der Waals surface area contributed by atoms with Crippen LogP contribution in [0, 0.1) is 5.92 Å². The average molecular weight is 243 g/mol. The molecule has 100 valence electrons. The van der Waals surface area contributed by atoms with E-state index in [0.717, 1.165) is 26.0 Å².